The number of anilines is 1. The van der Waals surface area contributed by atoms with Gasteiger partial charge in [-0.1, -0.05) is 0 Å². The van der Waals surface area contributed by atoms with E-state index < -0.39 is 30.0 Å². The number of nitrogens with zero attached hydrogens (tertiary/aromatic N) is 5. The van der Waals surface area contributed by atoms with Crippen molar-refractivity contribution in [2.24, 2.45) is 0 Å². The molecule has 0 aliphatic rings. The summed E-state index contributed by atoms with van der Waals surface area (Å²) in [5.74, 6) is -0.516. The minimum atomic E-state index is -3.02. The molecule has 0 saturated heterocycles. The summed E-state index contributed by atoms with van der Waals surface area (Å²) < 4.78 is 55.4. The van der Waals surface area contributed by atoms with Crippen LogP contribution in [0, 0.1) is 6.92 Å². The van der Waals surface area contributed by atoms with Crippen molar-refractivity contribution in [3.8, 4) is 0 Å². The van der Waals surface area contributed by atoms with Crippen LogP contribution in [0.2, 0.25) is 0 Å². The number of pyridine rings is 1. The first-order valence-electron chi connectivity index (χ1n) is 8.06. The summed E-state index contributed by atoms with van der Waals surface area (Å²) in [7, 11) is 0. The van der Waals surface area contributed by atoms with Crippen LogP contribution >= 0.6 is 0 Å². The fourth-order valence-electron chi connectivity index (χ4n) is 2.74. The number of fused-ring (bicyclic) bond motifs is 1. The third-order valence-corrected chi connectivity index (χ3v) is 3.92. The van der Waals surface area contributed by atoms with Gasteiger partial charge in [-0.15, -0.1) is 0 Å². The molecule has 0 fully saturated rings. The fraction of sp³-hybridized carbons (Fsp3) is 0.375. The van der Waals surface area contributed by atoms with Crippen molar-refractivity contribution in [3.05, 3.63) is 35.4 Å². The molecule has 0 atom stereocenters. The zero-order valence-corrected chi connectivity index (χ0v) is 14.5. The SMILES string of the molecule is CCn1cc(NC(=O)Cn2nc(C)c3c(C(F)F)cc(C(F)F)nc32)cn1. The van der Waals surface area contributed by atoms with E-state index in [0.717, 1.165) is 4.68 Å². The molecule has 3 aromatic rings. The van der Waals surface area contributed by atoms with Crippen LogP contribution in [0.3, 0.4) is 0 Å². The van der Waals surface area contributed by atoms with Crippen molar-refractivity contribution < 1.29 is 22.4 Å². The van der Waals surface area contributed by atoms with Gasteiger partial charge in [0.05, 0.1) is 23.0 Å². The first-order chi connectivity index (χ1) is 12.8. The van der Waals surface area contributed by atoms with Crippen LogP contribution in [0.5, 0.6) is 0 Å². The Labute approximate surface area is 151 Å². The normalized spacial score (nSPS) is 11.7. The van der Waals surface area contributed by atoms with Crippen molar-refractivity contribution in [2.45, 2.75) is 39.8 Å². The number of aromatic nitrogens is 5. The van der Waals surface area contributed by atoms with Crippen molar-refractivity contribution >= 4 is 22.6 Å². The smallest absolute Gasteiger partial charge is 0.280 e. The molecule has 11 heteroatoms. The van der Waals surface area contributed by atoms with Crippen LogP contribution in [-0.4, -0.2) is 30.5 Å². The molecule has 144 valence electrons. The second-order valence-corrected chi connectivity index (χ2v) is 5.81. The van der Waals surface area contributed by atoms with Crippen molar-refractivity contribution in [1.82, 2.24) is 24.5 Å². The quantitative estimate of drug-likeness (QED) is 0.660. The summed E-state index contributed by atoms with van der Waals surface area (Å²) in [6.45, 7) is 3.58. The molecular weight excluding hydrogens is 368 g/mol. The largest absolute Gasteiger partial charge is 0.322 e. The Balaban J connectivity index is 1.95. The van der Waals surface area contributed by atoms with Crippen LogP contribution in [-0.2, 0) is 17.9 Å². The first-order valence-corrected chi connectivity index (χ1v) is 8.06. The highest BCUT2D eigenvalue weighted by atomic mass is 19.3. The maximum Gasteiger partial charge on any atom is 0.280 e. The van der Waals surface area contributed by atoms with Crippen LogP contribution in [0.15, 0.2) is 18.5 Å². The van der Waals surface area contributed by atoms with Crippen molar-refractivity contribution in [3.63, 3.8) is 0 Å². The number of alkyl halides is 4. The highest BCUT2D eigenvalue weighted by molar-refractivity contribution is 5.91. The molecule has 0 aromatic carbocycles. The fourth-order valence-corrected chi connectivity index (χ4v) is 2.74. The lowest BCUT2D eigenvalue weighted by Gasteiger charge is -2.08. The average Bonchev–Trinajstić information content (AvgIpc) is 3.18. The molecular formula is C16H16F4N6O. The van der Waals surface area contributed by atoms with Gasteiger partial charge in [0.25, 0.3) is 12.9 Å². The topological polar surface area (TPSA) is 77.6 Å². The average molecular weight is 384 g/mol. The maximum atomic E-state index is 13.3. The standard InChI is InChI=1S/C16H16F4N6O/c1-3-25-6-9(5-21-25)22-12(27)7-26-16-13(8(2)24-26)10(14(17)18)4-11(23-16)15(19)20/h4-6,14-15H,3,7H2,1-2H3,(H,22,27). The van der Waals surface area contributed by atoms with E-state index in [0.29, 0.717) is 18.3 Å². The van der Waals surface area contributed by atoms with E-state index in [9.17, 15) is 22.4 Å². The Kier molecular flexibility index (Phi) is 5.10. The summed E-state index contributed by atoms with van der Waals surface area (Å²) in [5, 5.41) is 10.6. The van der Waals surface area contributed by atoms with Crippen molar-refractivity contribution in [1.29, 1.82) is 0 Å². The number of rotatable bonds is 6. The Hall–Kier alpha value is -2.98. The van der Waals surface area contributed by atoms with E-state index in [1.165, 1.54) is 13.1 Å². The maximum absolute atomic E-state index is 13.3. The Morgan fingerprint density at radius 2 is 2.00 bits per heavy atom. The molecule has 7 nitrogen and oxygen atoms in total. The molecule has 0 aliphatic carbocycles. The third-order valence-electron chi connectivity index (χ3n) is 3.92. The number of nitrogens with one attached hydrogen (secondary N) is 1. The minimum Gasteiger partial charge on any atom is -0.322 e. The minimum absolute atomic E-state index is 0.0268. The van der Waals surface area contributed by atoms with Gasteiger partial charge < -0.3 is 5.32 Å². The summed E-state index contributed by atoms with van der Waals surface area (Å²) >= 11 is 0. The van der Waals surface area contributed by atoms with E-state index in [2.05, 4.69) is 20.5 Å². The molecule has 0 saturated carbocycles. The number of halogens is 4. The Morgan fingerprint density at radius 1 is 1.26 bits per heavy atom. The van der Waals surface area contributed by atoms with Crippen LogP contribution in [0.1, 0.15) is 36.7 Å². The zero-order valence-electron chi connectivity index (χ0n) is 14.5. The molecule has 3 aromatic heterocycles. The molecule has 27 heavy (non-hydrogen) atoms. The summed E-state index contributed by atoms with van der Waals surface area (Å²) in [5.41, 5.74) is -0.919. The van der Waals surface area contributed by atoms with Gasteiger partial charge in [-0.05, 0) is 19.9 Å². The lowest BCUT2D eigenvalue weighted by molar-refractivity contribution is -0.116. The molecule has 0 spiro atoms. The van der Waals surface area contributed by atoms with Gasteiger partial charge in [0, 0.05) is 18.3 Å². The van der Waals surface area contributed by atoms with Crippen LogP contribution in [0.25, 0.3) is 11.0 Å². The highest BCUT2D eigenvalue weighted by Gasteiger charge is 2.24. The van der Waals surface area contributed by atoms with Gasteiger partial charge in [-0.2, -0.15) is 10.2 Å². The van der Waals surface area contributed by atoms with E-state index in [1.807, 2.05) is 6.92 Å². The molecule has 0 unspecified atom stereocenters. The van der Waals surface area contributed by atoms with E-state index in [-0.39, 0.29) is 23.3 Å². The number of hydrogen-bond donors (Lipinski definition) is 1. The zero-order chi connectivity index (χ0) is 19.7. The van der Waals surface area contributed by atoms with Gasteiger partial charge in [0.2, 0.25) is 5.91 Å². The summed E-state index contributed by atoms with van der Waals surface area (Å²) in [6, 6.07) is 0.676. The second-order valence-electron chi connectivity index (χ2n) is 5.81. The van der Waals surface area contributed by atoms with Crippen LogP contribution < -0.4 is 5.32 Å². The van der Waals surface area contributed by atoms with Gasteiger partial charge in [0.15, 0.2) is 5.65 Å². The Bertz CT molecular complexity index is 981. The molecule has 0 aliphatic heterocycles. The molecule has 1 amide bonds. The number of aryl methyl sites for hydroxylation is 2. The lowest BCUT2D eigenvalue weighted by atomic mass is 10.1. The second kappa shape index (κ2) is 7.33. The van der Waals surface area contributed by atoms with Gasteiger partial charge >= 0.3 is 0 Å². The number of hydrogen-bond acceptors (Lipinski definition) is 4. The van der Waals surface area contributed by atoms with Gasteiger partial charge in [-0.25, -0.2) is 27.2 Å². The van der Waals surface area contributed by atoms with Gasteiger partial charge in [-0.3, -0.25) is 9.48 Å². The predicted octanol–water partition coefficient (Wildman–Crippen LogP) is 3.47. The number of amides is 1. The molecule has 1 N–H and O–H groups in total. The monoisotopic (exact) mass is 384 g/mol. The molecule has 3 rings (SSSR count). The summed E-state index contributed by atoms with van der Waals surface area (Å²) in [4.78, 5) is 16.0. The number of carbonyl (C=O) groups excluding carboxylic acids is 1. The predicted molar refractivity (Wildman–Crippen MR) is 88.7 cm³/mol. The Morgan fingerprint density at radius 3 is 2.59 bits per heavy atom. The highest BCUT2D eigenvalue weighted by Crippen LogP contribution is 2.32. The van der Waals surface area contributed by atoms with E-state index >= 15 is 0 Å². The van der Waals surface area contributed by atoms with Crippen LogP contribution in [0.4, 0.5) is 23.2 Å². The number of carbonyl (C=O) groups is 1. The first kappa shape index (κ1) is 18.8. The molecule has 0 radical (unpaired) electrons. The van der Waals surface area contributed by atoms with Gasteiger partial charge in [0.1, 0.15) is 12.2 Å². The molecule has 3 heterocycles. The van der Waals surface area contributed by atoms with E-state index in [4.69, 9.17) is 0 Å². The van der Waals surface area contributed by atoms with E-state index in [1.54, 1.807) is 10.9 Å². The third kappa shape index (κ3) is 3.76. The molecule has 0 bridgehead atoms. The van der Waals surface area contributed by atoms with Crippen molar-refractivity contribution in [2.75, 3.05) is 5.32 Å². The lowest BCUT2D eigenvalue weighted by Crippen LogP contribution is -2.19. The summed E-state index contributed by atoms with van der Waals surface area (Å²) in [6.07, 6.45) is -2.93.